The molecule has 0 saturated carbocycles. The first-order chi connectivity index (χ1) is 9.72. The van der Waals surface area contributed by atoms with E-state index in [2.05, 4.69) is 15.0 Å². The molecule has 0 aromatic carbocycles. The Hall–Kier alpha value is -1.31. The highest BCUT2D eigenvalue weighted by atomic mass is 35.5. The number of rotatable bonds is 3. The molecule has 0 unspecified atom stereocenters. The van der Waals surface area contributed by atoms with Crippen LogP contribution >= 0.6 is 23.4 Å². The van der Waals surface area contributed by atoms with Gasteiger partial charge in [-0.15, -0.1) is 0 Å². The molecule has 6 nitrogen and oxygen atoms in total. The van der Waals surface area contributed by atoms with Gasteiger partial charge in [0.05, 0.1) is 24.4 Å². The molecular formula is C12H13ClN4O2S. The molecule has 0 amide bonds. The number of hydrogen-bond donors (Lipinski definition) is 0. The van der Waals surface area contributed by atoms with Gasteiger partial charge in [0.1, 0.15) is 5.76 Å². The van der Waals surface area contributed by atoms with Crippen molar-refractivity contribution in [2.75, 3.05) is 31.2 Å². The zero-order valence-corrected chi connectivity index (χ0v) is 12.4. The Balaban J connectivity index is 1.84. The number of hydrogen-bond acceptors (Lipinski definition) is 7. The van der Waals surface area contributed by atoms with E-state index >= 15 is 0 Å². The molecule has 2 aromatic heterocycles. The summed E-state index contributed by atoms with van der Waals surface area (Å²) in [5.41, 5.74) is 0. The SMILES string of the molecule is Cc1occc1Sc1nc(Cl)nc(N2CCOCC2)n1. The first-order valence-electron chi connectivity index (χ1n) is 6.18. The van der Waals surface area contributed by atoms with E-state index in [1.807, 2.05) is 17.9 Å². The fraction of sp³-hybridized carbons (Fsp3) is 0.417. The Bertz CT molecular complexity index is 601. The van der Waals surface area contributed by atoms with Crippen molar-refractivity contribution in [3.63, 3.8) is 0 Å². The third kappa shape index (κ3) is 3.05. The van der Waals surface area contributed by atoms with Crippen LogP contribution in [0.3, 0.4) is 0 Å². The Labute approximate surface area is 125 Å². The van der Waals surface area contributed by atoms with Gasteiger partial charge in [-0.2, -0.15) is 15.0 Å². The number of anilines is 1. The van der Waals surface area contributed by atoms with Gasteiger partial charge in [0.25, 0.3) is 0 Å². The summed E-state index contributed by atoms with van der Waals surface area (Å²) in [5.74, 6) is 1.43. The van der Waals surface area contributed by atoms with Gasteiger partial charge in [0.15, 0.2) is 5.16 Å². The van der Waals surface area contributed by atoms with Crippen LogP contribution in [0.1, 0.15) is 5.76 Å². The van der Waals surface area contributed by atoms with E-state index in [1.165, 1.54) is 11.8 Å². The van der Waals surface area contributed by atoms with Crippen molar-refractivity contribution in [3.05, 3.63) is 23.4 Å². The molecule has 0 spiro atoms. The van der Waals surface area contributed by atoms with Gasteiger partial charge >= 0.3 is 0 Å². The fourth-order valence-corrected chi connectivity index (χ4v) is 2.83. The molecule has 0 atom stereocenters. The van der Waals surface area contributed by atoms with Crippen LogP contribution in [0.2, 0.25) is 5.28 Å². The number of aryl methyl sites for hydroxylation is 1. The van der Waals surface area contributed by atoms with E-state index in [0.717, 1.165) is 23.7 Å². The Morgan fingerprint density at radius 2 is 2.05 bits per heavy atom. The summed E-state index contributed by atoms with van der Waals surface area (Å²) in [4.78, 5) is 15.8. The normalized spacial score (nSPS) is 15.6. The molecule has 1 fully saturated rings. The summed E-state index contributed by atoms with van der Waals surface area (Å²) in [5, 5.41) is 0.765. The standard InChI is InChI=1S/C12H13ClN4O2S/c1-8-9(2-5-19-8)20-12-15-10(13)14-11(16-12)17-3-6-18-7-4-17/h2,5H,3-4,6-7H2,1H3. The van der Waals surface area contributed by atoms with Gasteiger partial charge < -0.3 is 14.1 Å². The summed E-state index contributed by atoms with van der Waals surface area (Å²) >= 11 is 7.41. The lowest BCUT2D eigenvalue weighted by atomic mass is 10.4. The molecule has 3 rings (SSSR count). The van der Waals surface area contributed by atoms with Crippen LogP contribution in [0.4, 0.5) is 5.95 Å². The van der Waals surface area contributed by atoms with Crippen LogP contribution in [-0.4, -0.2) is 41.3 Å². The highest BCUT2D eigenvalue weighted by Gasteiger charge is 2.17. The van der Waals surface area contributed by atoms with E-state index in [9.17, 15) is 0 Å². The molecule has 106 valence electrons. The highest BCUT2D eigenvalue weighted by molar-refractivity contribution is 7.99. The molecule has 3 heterocycles. The molecule has 8 heteroatoms. The van der Waals surface area contributed by atoms with Crippen molar-refractivity contribution in [1.29, 1.82) is 0 Å². The van der Waals surface area contributed by atoms with Gasteiger partial charge in [-0.3, -0.25) is 0 Å². The topological polar surface area (TPSA) is 64.3 Å². The highest BCUT2D eigenvalue weighted by Crippen LogP contribution is 2.29. The second kappa shape index (κ2) is 5.99. The first kappa shape index (κ1) is 13.7. The number of aromatic nitrogens is 3. The second-order valence-electron chi connectivity index (χ2n) is 4.23. The quantitative estimate of drug-likeness (QED) is 0.862. The molecular weight excluding hydrogens is 300 g/mol. The minimum atomic E-state index is 0.199. The number of morpholine rings is 1. The van der Waals surface area contributed by atoms with Crippen LogP contribution < -0.4 is 4.90 Å². The number of nitrogens with zero attached hydrogens (tertiary/aromatic N) is 4. The summed E-state index contributed by atoms with van der Waals surface area (Å²) in [6.07, 6.45) is 1.64. The predicted octanol–water partition coefficient (Wildman–Crippen LogP) is 2.41. The summed E-state index contributed by atoms with van der Waals surface area (Å²) in [7, 11) is 0. The molecule has 0 N–H and O–H groups in total. The van der Waals surface area contributed by atoms with Crippen LogP contribution in [0, 0.1) is 6.92 Å². The zero-order chi connectivity index (χ0) is 13.9. The Morgan fingerprint density at radius 3 is 2.75 bits per heavy atom. The fourth-order valence-electron chi connectivity index (χ4n) is 1.85. The maximum atomic E-state index is 5.99. The van der Waals surface area contributed by atoms with Crippen LogP contribution in [0.5, 0.6) is 0 Å². The monoisotopic (exact) mass is 312 g/mol. The third-order valence-electron chi connectivity index (χ3n) is 2.88. The molecule has 1 saturated heterocycles. The van der Waals surface area contributed by atoms with Crippen molar-refractivity contribution >= 4 is 29.3 Å². The summed E-state index contributed by atoms with van der Waals surface area (Å²) in [6, 6.07) is 1.88. The molecule has 2 aromatic rings. The van der Waals surface area contributed by atoms with Crippen molar-refractivity contribution < 1.29 is 9.15 Å². The van der Waals surface area contributed by atoms with E-state index in [4.69, 9.17) is 20.8 Å². The van der Waals surface area contributed by atoms with Gasteiger partial charge in [-0.1, -0.05) is 0 Å². The smallest absolute Gasteiger partial charge is 0.230 e. The average Bonchev–Trinajstić information content (AvgIpc) is 2.85. The summed E-state index contributed by atoms with van der Waals surface area (Å²) < 4.78 is 10.6. The number of halogens is 1. The van der Waals surface area contributed by atoms with E-state index in [-0.39, 0.29) is 5.28 Å². The van der Waals surface area contributed by atoms with Gasteiger partial charge in [0, 0.05) is 13.1 Å². The van der Waals surface area contributed by atoms with Crippen molar-refractivity contribution in [1.82, 2.24) is 15.0 Å². The average molecular weight is 313 g/mol. The Kier molecular flexibility index (Phi) is 4.09. The Morgan fingerprint density at radius 1 is 1.25 bits per heavy atom. The minimum absolute atomic E-state index is 0.199. The molecule has 0 radical (unpaired) electrons. The maximum Gasteiger partial charge on any atom is 0.230 e. The van der Waals surface area contributed by atoms with E-state index in [1.54, 1.807) is 6.26 Å². The van der Waals surface area contributed by atoms with E-state index < -0.39 is 0 Å². The molecule has 1 aliphatic heterocycles. The predicted molar refractivity (Wildman–Crippen MR) is 75.4 cm³/mol. The van der Waals surface area contributed by atoms with Crippen molar-refractivity contribution in [3.8, 4) is 0 Å². The lowest BCUT2D eigenvalue weighted by Crippen LogP contribution is -2.37. The lowest BCUT2D eigenvalue weighted by Gasteiger charge is -2.26. The third-order valence-corrected chi connectivity index (χ3v) is 4.06. The second-order valence-corrected chi connectivity index (χ2v) is 5.58. The largest absolute Gasteiger partial charge is 0.468 e. The minimum Gasteiger partial charge on any atom is -0.468 e. The number of ether oxygens (including phenoxy) is 1. The molecule has 20 heavy (non-hydrogen) atoms. The zero-order valence-electron chi connectivity index (χ0n) is 10.9. The van der Waals surface area contributed by atoms with Crippen molar-refractivity contribution in [2.24, 2.45) is 0 Å². The maximum absolute atomic E-state index is 5.99. The first-order valence-corrected chi connectivity index (χ1v) is 7.38. The summed E-state index contributed by atoms with van der Waals surface area (Å²) in [6.45, 7) is 4.76. The van der Waals surface area contributed by atoms with Crippen molar-refractivity contribution in [2.45, 2.75) is 17.0 Å². The lowest BCUT2D eigenvalue weighted by molar-refractivity contribution is 0.122. The van der Waals surface area contributed by atoms with Crippen LogP contribution in [0.15, 0.2) is 26.8 Å². The molecule has 0 aliphatic carbocycles. The van der Waals surface area contributed by atoms with E-state index in [0.29, 0.717) is 24.3 Å². The number of furan rings is 1. The van der Waals surface area contributed by atoms with Crippen LogP contribution in [-0.2, 0) is 4.74 Å². The molecule has 0 bridgehead atoms. The van der Waals surface area contributed by atoms with Gasteiger partial charge in [-0.25, -0.2) is 0 Å². The van der Waals surface area contributed by atoms with Gasteiger partial charge in [0.2, 0.25) is 11.2 Å². The van der Waals surface area contributed by atoms with Gasteiger partial charge in [-0.05, 0) is 36.4 Å². The molecule has 1 aliphatic rings. The van der Waals surface area contributed by atoms with Crippen LogP contribution in [0.25, 0.3) is 0 Å².